The number of rotatable bonds is 7. The number of thiazole rings is 1. The van der Waals surface area contributed by atoms with Crippen LogP contribution in [0.3, 0.4) is 0 Å². The highest BCUT2D eigenvalue weighted by atomic mass is 32.2. The standard InChI is InChI=1S/C23H22F2N2O5S2/c1-32-19-12-17(22(28)29)6-7-18(19)27-34(30,31)20-13-33-21(26-20)16-4-2-14(3-5-16)15-8-10-23(24,25)11-9-15/h2-7,12-13,15,27H,8-11H2,1H3,(H,28,29). The topological polar surface area (TPSA) is 106 Å². The van der Waals surface area contributed by atoms with Gasteiger partial charge in [0.05, 0.1) is 18.4 Å². The summed E-state index contributed by atoms with van der Waals surface area (Å²) in [6, 6.07) is 11.2. The van der Waals surface area contributed by atoms with Crippen molar-refractivity contribution in [2.75, 3.05) is 11.8 Å². The van der Waals surface area contributed by atoms with Gasteiger partial charge in [0, 0.05) is 23.8 Å². The van der Waals surface area contributed by atoms with Gasteiger partial charge >= 0.3 is 5.97 Å². The third-order valence-corrected chi connectivity index (χ3v) is 8.09. The van der Waals surface area contributed by atoms with Gasteiger partial charge in [-0.15, -0.1) is 11.3 Å². The van der Waals surface area contributed by atoms with Gasteiger partial charge in [-0.25, -0.2) is 18.6 Å². The fourth-order valence-electron chi connectivity index (χ4n) is 3.89. The summed E-state index contributed by atoms with van der Waals surface area (Å²) in [7, 11) is -2.74. The number of carboxylic acids is 1. The summed E-state index contributed by atoms with van der Waals surface area (Å²) in [6.07, 6.45) is 0.664. The molecule has 1 aliphatic rings. The molecule has 1 fully saturated rings. The Hall–Kier alpha value is -3.05. The number of ether oxygens (including phenoxy) is 1. The van der Waals surface area contributed by atoms with Crippen LogP contribution in [0, 0.1) is 0 Å². The Bertz CT molecular complexity index is 1300. The molecule has 1 saturated carbocycles. The van der Waals surface area contributed by atoms with E-state index in [-0.39, 0.29) is 40.8 Å². The van der Waals surface area contributed by atoms with Crippen molar-refractivity contribution in [1.82, 2.24) is 4.98 Å². The molecule has 1 aromatic heterocycles. The number of sulfonamides is 1. The van der Waals surface area contributed by atoms with E-state index in [9.17, 15) is 22.0 Å². The van der Waals surface area contributed by atoms with Crippen LogP contribution in [-0.4, -0.2) is 37.5 Å². The molecule has 7 nitrogen and oxygen atoms in total. The summed E-state index contributed by atoms with van der Waals surface area (Å²) in [5, 5.41) is 10.8. The maximum Gasteiger partial charge on any atom is 0.335 e. The van der Waals surface area contributed by atoms with Crippen LogP contribution in [0.4, 0.5) is 14.5 Å². The van der Waals surface area contributed by atoms with Crippen molar-refractivity contribution < 1.29 is 31.8 Å². The molecule has 1 aliphatic carbocycles. The first-order chi connectivity index (χ1) is 16.1. The highest BCUT2D eigenvalue weighted by Gasteiger charge is 2.35. The number of methoxy groups -OCH3 is 1. The van der Waals surface area contributed by atoms with Gasteiger partial charge in [-0.2, -0.15) is 8.42 Å². The van der Waals surface area contributed by atoms with E-state index in [1.807, 2.05) is 24.3 Å². The second-order valence-electron chi connectivity index (χ2n) is 8.07. The molecule has 34 heavy (non-hydrogen) atoms. The molecule has 0 aliphatic heterocycles. The molecular weight excluding hydrogens is 486 g/mol. The summed E-state index contributed by atoms with van der Waals surface area (Å²) in [5.74, 6) is -3.58. The number of nitrogens with one attached hydrogen (secondary N) is 1. The molecule has 2 aromatic carbocycles. The van der Waals surface area contributed by atoms with Crippen LogP contribution in [0.5, 0.6) is 5.75 Å². The molecule has 4 rings (SSSR count). The number of benzene rings is 2. The minimum Gasteiger partial charge on any atom is -0.495 e. The smallest absolute Gasteiger partial charge is 0.335 e. The van der Waals surface area contributed by atoms with E-state index in [0.717, 1.165) is 22.5 Å². The van der Waals surface area contributed by atoms with Gasteiger partial charge in [0.25, 0.3) is 10.0 Å². The number of carboxylic acid groups (broad SMARTS) is 1. The minimum atomic E-state index is -4.05. The second-order valence-corrected chi connectivity index (χ2v) is 10.6. The van der Waals surface area contributed by atoms with Crippen LogP contribution < -0.4 is 9.46 Å². The minimum absolute atomic E-state index is 0.0406. The number of carbonyl (C=O) groups is 1. The fourth-order valence-corrected chi connectivity index (χ4v) is 6.06. The lowest BCUT2D eigenvalue weighted by Gasteiger charge is -2.28. The quantitative estimate of drug-likeness (QED) is 0.430. The van der Waals surface area contributed by atoms with Crippen molar-refractivity contribution in [3.63, 3.8) is 0 Å². The summed E-state index contributed by atoms with van der Waals surface area (Å²) < 4.78 is 60.0. The average molecular weight is 509 g/mol. The summed E-state index contributed by atoms with van der Waals surface area (Å²) in [6.45, 7) is 0. The molecule has 0 amide bonds. The molecular formula is C23H22F2N2O5S2. The van der Waals surface area contributed by atoms with Crippen LogP contribution in [0.25, 0.3) is 10.6 Å². The Morgan fingerprint density at radius 1 is 1.18 bits per heavy atom. The van der Waals surface area contributed by atoms with Crippen molar-refractivity contribution in [2.24, 2.45) is 0 Å². The monoisotopic (exact) mass is 508 g/mol. The number of anilines is 1. The van der Waals surface area contributed by atoms with E-state index in [4.69, 9.17) is 9.84 Å². The van der Waals surface area contributed by atoms with E-state index in [0.29, 0.717) is 17.8 Å². The summed E-state index contributed by atoms with van der Waals surface area (Å²) in [5.41, 5.74) is 1.76. The zero-order valence-corrected chi connectivity index (χ0v) is 19.8. The molecule has 3 aromatic rings. The molecule has 2 N–H and O–H groups in total. The van der Waals surface area contributed by atoms with Crippen molar-refractivity contribution in [3.8, 4) is 16.3 Å². The second kappa shape index (κ2) is 9.30. The maximum absolute atomic E-state index is 13.4. The first kappa shape index (κ1) is 24.1. The Labute approximate surface area is 199 Å². The van der Waals surface area contributed by atoms with Gasteiger partial charge in [0.2, 0.25) is 5.92 Å². The molecule has 180 valence electrons. The van der Waals surface area contributed by atoms with Crippen LogP contribution in [0.1, 0.15) is 47.5 Å². The number of aromatic carboxylic acids is 1. The normalized spacial score (nSPS) is 16.2. The van der Waals surface area contributed by atoms with Gasteiger partial charge < -0.3 is 9.84 Å². The summed E-state index contributed by atoms with van der Waals surface area (Å²) >= 11 is 1.16. The number of alkyl halides is 2. The van der Waals surface area contributed by atoms with E-state index >= 15 is 0 Å². The third-order valence-electron chi connectivity index (χ3n) is 5.80. The molecule has 0 saturated heterocycles. The van der Waals surface area contributed by atoms with E-state index in [2.05, 4.69) is 9.71 Å². The molecule has 1 heterocycles. The van der Waals surface area contributed by atoms with Gasteiger partial charge in [0.1, 0.15) is 10.8 Å². The number of aromatic nitrogens is 1. The Balaban J connectivity index is 1.50. The van der Waals surface area contributed by atoms with Gasteiger partial charge in [-0.05, 0) is 42.5 Å². The molecule has 11 heteroatoms. The number of halogens is 2. The van der Waals surface area contributed by atoms with Crippen LogP contribution in [0.2, 0.25) is 0 Å². The molecule has 0 radical (unpaired) electrons. The molecule has 0 spiro atoms. The Morgan fingerprint density at radius 3 is 2.47 bits per heavy atom. The number of hydrogen-bond acceptors (Lipinski definition) is 6. The van der Waals surface area contributed by atoms with Crippen molar-refractivity contribution in [2.45, 2.75) is 42.5 Å². The molecule has 0 bridgehead atoms. The Kier molecular flexibility index (Phi) is 6.59. The van der Waals surface area contributed by atoms with Crippen LogP contribution in [0.15, 0.2) is 52.9 Å². The summed E-state index contributed by atoms with van der Waals surface area (Å²) in [4.78, 5) is 15.4. The largest absolute Gasteiger partial charge is 0.495 e. The lowest BCUT2D eigenvalue weighted by atomic mass is 9.82. The van der Waals surface area contributed by atoms with Gasteiger partial charge in [0.15, 0.2) is 5.03 Å². The molecule has 0 atom stereocenters. The van der Waals surface area contributed by atoms with E-state index < -0.39 is 21.9 Å². The van der Waals surface area contributed by atoms with Gasteiger partial charge in [-0.3, -0.25) is 4.72 Å². The predicted octanol–water partition coefficient (Wildman–Crippen LogP) is 5.61. The van der Waals surface area contributed by atoms with Crippen LogP contribution >= 0.6 is 11.3 Å². The molecule has 0 unspecified atom stereocenters. The maximum atomic E-state index is 13.4. The average Bonchev–Trinajstić information content (AvgIpc) is 3.31. The predicted molar refractivity (Wildman–Crippen MR) is 124 cm³/mol. The highest BCUT2D eigenvalue weighted by molar-refractivity contribution is 7.92. The zero-order valence-electron chi connectivity index (χ0n) is 18.1. The lowest BCUT2D eigenvalue weighted by molar-refractivity contribution is -0.0382. The SMILES string of the molecule is COc1cc(C(=O)O)ccc1NS(=O)(=O)c1csc(-c2ccc(C3CCC(F)(F)CC3)cc2)n1. The first-order valence-corrected chi connectivity index (χ1v) is 12.8. The third kappa shape index (κ3) is 5.20. The van der Waals surface area contributed by atoms with E-state index in [1.165, 1.54) is 30.7 Å². The van der Waals surface area contributed by atoms with Crippen LogP contribution in [-0.2, 0) is 10.0 Å². The highest BCUT2D eigenvalue weighted by Crippen LogP contribution is 2.41. The van der Waals surface area contributed by atoms with Crippen molar-refractivity contribution in [3.05, 3.63) is 59.0 Å². The van der Waals surface area contributed by atoms with Crippen molar-refractivity contribution >= 4 is 33.0 Å². The lowest BCUT2D eigenvalue weighted by Crippen LogP contribution is -2.23. The number of hydrogen-bond donors (Lipinski definition) is 2. The fraction of sp³-hybridized carbons (Fsp3) is 0.304. The first-order valence-electron chi connectivity index (χ1n) is 10.5. The van der Waals surface area contributed by atoms with Gasteiger partial charge in [-0.1, -0.05) is 24.3 Å². The zero-order chi connectivity index (χ0) is 24.5. The van der Waals surface area contributed by atoms with E-state index in [1.54, 1.807) is 0 Å². The Morgan fingerprint density at radius 2 is 1.85 bits per heavy atom. The number of nitrogens with zero attached hydrogens (tertiary/aromatic N) is 1. The van der Waals surface area contributed by atoms with Crippen molar-refractivity contribution in [1.29, 1.82) is 0 Å².